The van der Waals surface area contributed by atoms with Gasteiger partial charge in [0.25, 0.3) is 5.91 Å². The average molecular weight is 279 g/mol. The van der Waals surface area contributed by atoms with Crippen molar-refractivity contribution in [2.24, 2.45) is 0 Å². The molecule has 0 fully saturated rings. The highest BCUT2D eigenvalue weighted by molar-refractivity contribution is 5.94. The van der Waals surface area contributed by atoms with Gasteiger partial charge in [-0.2, -0.15) is 0 Å². The van der Waals surface area contributed by atoms with Crippen LogP contribution < -0.4 is 0 Å². The molecule has 6 heteroatoms. The van der Waals surface area contributed by atoms with Crippen LogP contribution in [0, 0.1) is 0 Å². The minimum absolute atomic E-state index is 0.0602. The lowest BCUT2D eigenvalue weighted by molar-refractivity contribution is 0.0702. The molecule has 104 valence electrons. The lowest BCUT2D eigenvalue weighted by Crippen LogP contribution is -2.38. The predicted octanol–water partition coefficient (Wildman–Crippen LogP) is 1.48. The maximum absolute atomic E-state index is 12.6. The van der Waals surface area contributed by atoms with Crippen molar-refractivity contribution in [3.05, 3.63) is 54.2 Å². The predicted molar refractivity (Wildman–Crippen MR) is 76.5 cm³/mol. The summed E-state index contributed by atoms with van der Waals surface area (Å²) in [6.45, 7) is 1.85. The van der Waals surface area contributed by atoms with Crippen molar-refractivity contribution in [2.45, 2.75) is 13.1 Å². The molecule has 1 aliphatic heterocycles. The van der Waals surface area contributed by atoms with Gasteiger partial charge in [-0.15, -0.1) is 10.2 Å². The third kappa shape index (κ3) is 2.05. The summed E-state index contributed by atoms with van der Waals surface area (Å²) in [5.74, 6) is 0.755. The van der Waals surface area contributed by atoms with Crippen molar-refractivity contribution < 1.29 is 4.79 Å². The molecule has 1 aliphatic rings. The fourth-order valence-corrected chi connectivity index (χ4v) is 2.59. The van der Waals surface area contributed by atoms with Gasteiger partial charge in [0.15, 0.2) is 5.82 Å². The second-order valence-electron chi connectivity index (χ2n) is 5.06. The number of carbonyl (C=O) groups excluding carboxylic acids is 1. The van der Waals surface area contributed by atoms with Crippen molar-refractivity contribution in [3.63, 3.8) is 0 Å². The van der Waals surface area contributed by atoms with Gasteiger partial charge in [0.2, 0.25) is 0 Å². The van der Waals surface area contributed by atoms with Crippen LogP contribution in [0.2, 0.25) is 0 Å². The minimum Gasteiger partial charge on any atom is -0.328 e. The van der Waals surface area contributed by atoms with Crippen LogP contribution in [0.1, 0.15) is 16.3 Å². The third-order valence-electron chi connectivity index (χ3n) is 3.74. The maximum atomic E-state index is 12.6. The van der Waals surface area contributed by atoms with Crippen LogP contribution in [-0.2, 0) is 13.1 Å². The van der Waals surface area contributed by atoms with Gasteiger partial charge in [0.05, 0.1) is 12.1 Å². The maximum Gasteiger partial charge on any atom is 0.272 e. The first-order valence-electron chi connectivity index (χ1n) is 6.83. The topological polar surface area (TPSA) is 63.9 Å². The molecule has 1 aromatic carbocycles. The largest absolute Gasteiger partial charge is 0.328 e. The molecule has 0 bridgehead atoms. The first-order chi connectivity index (χ1) is 10.3. The van der Waals surface area contributed by atoms with Gasteiger partial charge >= 0.3 is 0 Å². The molecular weight excluding hydrogens is 266 g/mol. The normalized spacial score (nSPS) is 14.2. The van der Waals surface area contributed by atoms with E-state index >= 15 is 0 Å². The Labute approximate surface area is 121 Å². The fraction of sp³-hybridized carbons (Fsp3) is 0.200. The number of hydrogen-bond acceptors (Lipinski definition) is 4. The molecule has 1 amide bonds. The zero-order chi connectivity index (χ0) is 14.2. The summed E-state index contributed by atoms with van der Waals surface area (Å²) in [7, 11) is 0. The highest BCUT2D eigenvalue weighted by Gasteiger charge is 2.23. The number of nitrogens with zero attached hydrogens (tertiary/aromatic N) is 5. The summed E-state index contributed by atoms with van der Waals surface area (Å²) < 4.78 is 1.97. The Bertz CT molecular complexity index is 826. The second-order valence-corrected chi connectivity index (χ2v) is 5.06. The van der Waals surface area contributed by atoms with Crippen LogP contribution in [0.15, 0.2) is 42.7 Å². The number of carbonyl (C=O) groups is 1. The van der Waals surface area contributed by atoms with Gasteiger partial charge in [-0.3, -0.25) is 4.79 Å². The van der Waals surface area contributed by atoms with E-state index in [1.807, 2.05) is 34.9 Å². The molecule has 21 heavy (non-hydrogen) atoms. The van der Waals surface area contributed by atoms with Crippen molar-refractivity contribution in [1.82, 2.24) is 24.6 Å². The molecule has 6 nitrogen and oxygen atoms in total. The van der Waals surface area contributed by atoms with E-state index in [0.29, 0.717) is 18.8 Å². The SMILES string of the molecule is O=C(c1ccc2ccccc2n1)N1CCn2cnnc2C1. The highest BCUT2D eigenvalue weighted by atomic mass is 16.2. The first-order valence-corrected chi connectivity index (χ1v) is 6.83. The second kappa shape index (κ2) is 4.66. The van der Waals surface area contributed by atoms with E-state index < -0.39 is 0 Å². The summed E-state index contributed by atoms with van der Waals surface area (Å²) in [4.78, 5) is 18.8. The number of aromatic nitrogens is 4. The zero-order valence-electron chi connectivity index (χ0n) is 11.3. The van der Waals surface area contributed by atoms with E-state index in [2.05, 4.69) is 15.2 Å². The third-order valence-corrected chi connectivity index (χ3v) is 3.74. The van der Waals surface area contributed by atoms with Crippen molar-refractivity contribution in [1.29, 1.82) is 0 Å². The number of fused-ring (bicyclic) bond motifs is 2. The number of hydrogen-bond donors (Lipinski definition) is 0. The molecule has 0 spiro atoms. The molecular formula is C15H13N5O. The lowest BCUT2D eigenvalue weighted by Gasteiger charge is -2.26. The Kier molecular flexibility index (Phi) is 2.67. The Morgan fingerprint density at radius 1 is 1.10 bits per heavy atom. The highest BCUT2D eigenvalue weighted by Crippen LogP contribution is 2.16. The fourth-order valence-electron chi connectivity index (χ4n) is 2.59. The van der Waals surface area contributed by atoms with E-state index in [9.17, 15) is 4.79 Å². The van der Waals surface area contributed by atoms with Crippen molar-refractivity contribution >= 4 is 16.8 Å². The molecule has 3 aromatic rings. The number of benzene rings is 1. The van der Waals surface area contributed by atoms with Crippen molar-refractivity contribution in [2.75, 3.05) is 6.54 Å². The van der Waals surface area contributed by atoms with Gasteiger partial charge in [0.1, 0.15) is 12.0 Å². The van der Waals surface area contributed by atoms with Crippen LogP contribution in [0.25, 0.3) is 10.9 Å². The number of para-hydroxylation sites is 1. The average Bonchev–Trinajstić information content (AvgIpc) is 3.01. The van der Waals surface area contributed by atoms with Crippen molar-refractivity contribution in [3.8, 4) is 0 Å². The van der Waals surface area contributed by atoms with E-state index in [-0.39, 0.29) is 5.91 Å². The van der Waals surface area contributed by atoms with Crippen LogP contribution in [0.5, 0.6) is 0 Å². The smallest absolute Gasteiger partial charge is 0.272 e. The molecule has 0 saturated carbocycles. The summed E-state index contributed by atoms with van der Waals surface area (Å²) in [5, 5.41) is 8.94. The molecule has 2 aromatic heterocycles. The van der Waals surface area contributed by atoms with E-state index in [0.717, 1.165) is 23.3 Å². The van der Waals surface area contributed by atoms with Gasteiger partial charge < -0.3 is 9.47 Å². The van der Waals surface area contributed by atoms with Gasteiger partial charge in [-0.05, 0) is 12.1 Å². The minimum atomic E-state index is -0.0602. The van der Waals surface area contributed by atoms with E-state index in [1.165, 1.54) is 0 Å². The monoisotopic (exact) mass is 279 g/mol. The van der Waals surface area contributed by atoms with Crippen LogP contribution >= 0.6 is 0 Å². The Balaban J connectivity index is 1.64. The molecule has 3 heterocycles. The molecule has 0 unspecified atom stereocenters. The van der Waals surface area contributed by atoms with E-state index in [1.54, 1.807) is 17.3 Å². The molecule has 0 atom stereocenters. The Morgan fingerprint density at radius 3 is 2.95 bits per heavy atom. The van der Waals surface area contributed by atoms with Gasteiger partial charge in [-0.1, -0.05) is 24.3 Å². The van der Waals surface area contributed by atoms with Gasteiger partial charge in [0, 0.05) is 18.5 Å². The van der Waals surface area contributed by atoms with Crippen LogP contribution in [0.4, 0.5) is 0 Å². The number of pyridine rings is 1. The number of rotatable bonds is 1. The lowest BCUT2D eigenvalue weighted by atomic mass is 10.2. The summed E-state index contributed by atoms with van der Waals surface area (Å²) in [6, 6.07) is 11.5. The van der Waals surface area contributed by atoms with Crippen LogP contribution in [-0.4, -0.2) is 37.1 Å². The molecule has 4 rings (SSSR count). The summed E-state index contributed by atoms with van der Waals surface area (Å²) in [6.07, 6.45) is 1.70. The quantitative estimate of drug-likeness (QED) is 0.677. The first kappa shape index (κ1) is 12.0. The molecule has 0 aliphatic carbocycles. The number of amides is 1. The Morgan fingerprint density at radius 2 is 2.00 bits per heavy atom. The van der Waals surface area contributed by atoms with E-state index in [4.69, 9.17) is 0 Å². The zero-order valence-corrected chi connectivity index (χ0v) is 11.3. The molecule has 0 saturated heterocycles. The molecule has 0 radical (unpaired) electrons. The van der Waals surface area contributed by atoms with Gasteiger partial charge in [-0.25, -0.2) is 4.98 Å². The van der Waals surface area contributed by atoms with Crippen LogP contribution in [0.3, 0.4) is 0 Å². The summed E-state index contributed by atoms with van der Waals surface area (Å²) in [5.41, 5.74) is 1.31. The molecule has 0 N–H and O–H groups in total. The summed E-state index contributed by atoms with van der Waals surface area (Å²) >= 11 is 0. The standard InChI is InChI=1S/C15H13N5O/c21-15(19-7-8-20-10-16-18-14(20)9-19)13-6-5-11-3-1-2-4-12(11)17-13/h1-6,10H,7-9H2. The Hall–Kier alpha value is -2.76.